The van der Waals surface area contributed by atoms with E-state index in [1.54, 1.807) is 18.0 Å². The van der Waals surface area contributed by atoms with Crippen LogP contribution in [0.25, 0.3) is 11.0 Å². The second-order valence-electron chi connectivity index (χ2n) is 5.88. The van der Waals surface area contributed by atoms with Gasteiger partial charge in [-0.3, -0.25) is 4.68 Å². The molecule has 0 spiro atoms. The van der Waals surface area contributed by atoms with E-state index >= 15 is 0 Å². The minimum absolute atomic E-state index is 0.0286. The Kier molecular flexibility index (Phi) is 5.43. The van der Waals surface area contributed by atoms with Crippen molar-refractivity contribution < 1.29 is 4.74 Å². The number of halogens is 1. The second kappa shape index (κ2) is 7.76. The van der Waals surface area contributed by atoms with Crippen LogP contribution in [-0.2, 0) is 7.05 Å². The highest BCUT2D eigenvalue weighted by atomic mass is 35.5. The Balaban J connectivity index is 1.92. The van der Waals surface area contributed by atoms with Crippen LogP contribution >= 0.6 is 11.6 Å². The number of rotatable bonds is 7. The molecule has 4 N–H and O–H groups in total. The molecule has 1 unspecified atom stereocenters. The van der Waals surface area contributed by atoms with Crippen molar-refractivity contribution in [2.75, 3.05) is 30.8 Å². The van der Waals surface area contributed by atoms with Crippen LogP contribution in [0.15, 0.2) is 24.4 Å². The second-order valence-corrected chi connectivity index (χ2v) is 6.28. The third kappa shape index (κ3) is 3.66. The molecular weight excluding hydrogens is 354 g/mol. The number of anilines is 2. The van der Waals surface area contributed by atoms with Gasteiger partial charge < -0.3 is 21.1 Å². The molecule has 0 bridgehead atoms. The van der Waals surface area contributed by atoms with Crippen molar-refractivity contribution in [2.24, 2.45) is 12.8 Å². The van der Waals surface area contributed by atoms with E-state index < -0.39 is 0 Å². The van der Waals surface area contributed by atoms with Gasteiger partial charge >= 0.3 is 0 Å². The summed E-state index contributed by atoms with van der Waals surface area (Å²) < 4.78 is 6.92. The highest BCUT2D eigenvalue weighted by molar-refractivity contribution is 6.32. The van der Waals surface area contributed by atoms with Crippen molar-refractivity contribution in [2.45, 2.75) is 13.0 Å². The molecule has 3 aromatic rings. The molecule has 138 valence electrons. The topological polar surface area (TPSA) is 103 Å². The summed E-state index contributed by atoms with van der Waals surface area (Å²) in [6.07, 6.45) is 1.75. The van der Waals surface area contributed by atoms with Gasteiger partial charge in [0.15, 0.2) is 5.65 Å². The minimum atomic E-state index is -0.0286. The Morgan fingerprint density at radius 2 is 2.15 bits per heavy atom. The Labute approximate surface area is 156 Å². The molecule has 0 aliphatic heterocycles. The van der Waals surface area contributed by atoms with Crippen molar-refractivity contribution in [3.05, 3.63) is 35.0 Å². The first kappa shape index (κ1) is 18.2. The summed E-state index contributed by atoms with van der Waals surface area (Å²) in [6, 6.07) is 5.67. The lowest BCUT2D eigenvalue weighted by atomic mass is 10.1. The van der Waals surface area contributed by atoms with Crippen LogP contribution in [0.4, 0.5) is 11.8 Å². The van der Waals surface area contributed by atoms with Gasteiger partial charge in [0.25, 0.3) is 0 Å². The first-order valence-corrected chi connectivity index (χ1v) is 8.65. The predicted octanol–water partition coefficient (Wildman–Crippen LogP) is 2.57. The summed E-state index contributed by atoms with van der Waals surface area (Å²) in [5, 5.41) is 12.2. The van der Waals surface area contributed by atoms with E-state index in [1.807, 2.05) is 32.2 Å². The summed E-state index contributed by atoms with van der Waals surface area (Å²) in [4.78, 5) is 9.07. The zero-order valence-corrected chi connectivity index (χ0v) is 15.7. The molecule has 2 heterocycles. The highest BCUT2D eigenvalue weighted by Gasteiger charge is 2.15. The molecule has 8 nitrogen and oxygen atoms in total. The van der Waals surface area contributed by atoms with Crippen LogP contribution in [0.3, 0.4) is 0 Å². The number of benzene rings is 1. The van der Waals surface area contributed by atoms with Crippen molar-refractivity contribution in [3.63, 3.8) is 0 Å². The fourth-order valence-electron chi connectivity index (χ4n) is 2.64. The maximum Gasteiger partial charge on any atom is 0.226 e. The molecule has 0 aliphatic rings. The molecule has 0 amide bonds. The van der Waals surface area contributed by atoms with Crippen LogP contribution in [-0.4, -0.2) is 39.9 Å². The molecule has 1 atom stereocenters. The minimum Gasteiger partial charge on any atom is -0.495 e. The molecule has 1 aromatic carbocycles. The lowest BCUT2D eigenvalue weighted by molar-refractivity contribution is 0.415. The number of hydrogen-bond acceptors (Lipinski definition) is 7. The smallest absolute Gasteiger partial charge is 0.226 e. The van der Waals surface area contributed by atoms with E-state index in [-0.39, 0.29) is 6.04 Å². The Hall–Kier alpha value is -2.58. The number of methoxy groups -OCH3 is 1. The first-order valence-electron chi connectivity index (χ1n) is 8.27. The van der Waals surface area contributed by atoms with Gasteiger partial charge in [-0.25, -0.2) is 0 Å². The third-order valence-corrected chi connectivity index (χ3v) is 4.34. The Morgan fingerprint density at radius 1 is 1.35 bits per heavy atom. The fourth-order valence-corrected chi connectivity index (χ4v) is 2.90. The van der Waals surface area contributed by atoms with Crippen LogP contribution in [0.2, 0.25) is 5.02 Å². The number of ether oxygens (including phenoxy) is 1. The average Bonchev–Trinajstić information content (AvgIpc) is 3.01. The van der Waals surface area contributed by atoms with Crippen molar-refractivity contribution in [1.29, 1.82) is 0 Å². The van der Waals surface area contributed by atoms with Gasteiger partial charge in [0.1, 0.15) is 11.6 Å². The molecular formula is C17H22ClN7O. The van der Waals surface area contributed by atoms with E-state index in [2.05, 4.69) is 25.7 Å². The number of aryl methyl sites for hydroxylation is 1. The van der Waals surface area contributed by atoms with Crippen molar-refractivity contribution in [3.8, 4) is 5.75 Å². The van der Waals surface area contributed by atoms with E-state index in [0.717, 1.165) is 16.6 Å². The van der Waals surface area contributed by atoms with Gasteiger partial charge in [-0.05, 0) is 24.6 Å². The number of nitrogens with zero attached hydrogens (tertiary/aromatic N) is 4. The van der Waals surface area contributed by atoms with Crippen LogP contribution in [0.1, 0.15) is 18.5 Å². The number of fused-ring (bicyclic) bond motifs is 1. The third-order valence-electron chi connectivity index (χ3n) is 4.05. The molecule has 0 saturated heterocycles. The summed E-state index contributed by atoms with van der Waals surface area (Å²) in [5.74, 6) is 1.85. The van der Waals surface area contributed by atoms with Crippen LogP contribution in [0.5, 0.6) is 5.75 Å². The zero-order chi connectivity index (χ0) is 18.7. The van der Waals surface area contributed by atoms with Gasteiger partial charge in [-0.15, -0.1) is 0 Å². The van der Waals surface area contributed by atoms with Gasteiger partial charge in [0.05, 0.1) is 29.8 Å². The molecule has 9 heteroatoms. The summed E-state index contributed by atoms with van der Waals surface area (Å²) in [5.41, 5.74) is 7.31. The van der Waals surface area contributed by atoms with E-state index in [4.69, 9.17) is 22.1 Å². The lowest BCUT2D eigenvalue weighted by Crippen LogP contribution is -2.16. The van der Waals surface area contributed by atoms with Gasteiger partial charge in [0.2, 0.25) is 5.95 Å². The fraction of sp³-hybridized carbons (Fsp3) is 0.353. The Bertz CT molecular complexity index is 912. The summed E-state index contributed by atoms with van der Waals surface area (Å²) in [7, 11) is 3.44. The zero-order valence-electron chi connectivity index (χ0n) is 15.0. The molecule has 0 aliphatic carbocycles. The van der Waals surface area contributed by atoms with Crippen LogP contribution < -0.4 is 21.1 Å². The number of aromatic nitrogens is 4. The van der Waals surface area contributed by atoms with E-state index in [9.17, 15) is 0 Å². The SMILES string of the molecule is COc1ccc(C(C)Nc2nc(NCCN)nc3c2cnn3C)cc1Cl. The number of hydrogen-bond donors (Lipinski definition) is 3. The molecule has 0 fully saturated rings. The van der Waals surface area contributed by atoms with E-state index in [1.165, 1.54) is 0 Å². The maximum atomic E-state index is 6.24. The van der Waals surface area contributed by atoms with Gasteiger partial charge in [-0.2, -0.15) is 15.1 Å². The maximum absolute atomic E-state index is 6.24. The largest absolute Gasteiger partial charge is 0.495 e. The number of nitrogens with two attached hydrogens (primary N) is 1. The molecule has 2 aromatic heterocycles. The van der Waals surface area contributed by atoms with Gasteiger partial charge in [0, 0.05) is 20.1 Å². The van der Waals surface area contributed by atoms with Crippen molar-refractivity contribution in [1.82, 2.24) is 19.7 Å². The standard InChI is InChI=1S/C17H22ClN7O/c1-10(11-4-5-14(26-3)13(18)8-11)22-15-12-9-21-25(2)16(12)24-17(23-15)20-7-6-19/h4-5,8-10H,6-7,19H2,1-3H3,(H2,20,22,23,24). The Morgan fingerprint density at radius 3 is 2.85 bits per heavy atom. The number of nitrogens with one attached hydrogen (secondary N) is 2. The molecule has 26 heavy (non-hydrogen) atoms. The quantitative estimate of drug-likeness (QED) is 0.583. The monoisotopic (exact) mass is 375 g/mol. The lowest BCUT2D eigenvalue weighted by Gasteiger charge is -2.17. The van der Waals surface area contributed by atoms with Gasteiger partial charge in [-0.1, -0.05) is 17.7 Å². The normalized spacial score (nSPS) is 12.2. The predicted molar refractivity (Wildman–Crippen MR) is 104 cm³/mol. The average molecular weight is 376 g/mol. The van der Waals surface area contributed by atoms with Crippen LogP contribution in [0, 0.1) is 0 Å². The first-order chi connectivity index (χ1) is 12.5. The highest BCUT2D eigenvalue weighted by Crippen LogP contribution is 2.30. The van der Waals surface area contributed by atoms with Crippen molar-refractivity contribution >= 4 is 34.4 Å². The summed E-state index contributed by atoms with van der Waals surface area (Å²) in [6.45, 7) is 3.12. The molecule has 0 radical (unpaired) electrons. The van der Waals surface area contributed by atoms with E-state index in [0.29, 0.717) is 35.6 Å². The molecule has 3 rings (SSSR count). The summed E-state index contributed by atoms with van der Waals surface area (Å²) >= 11 is 6.24. The molecule has 0 saturated carbocycles.